The molecule has 0 aliphatic rings. The lowest BCUT2D eigenvalue weighted by atomic mass is 10.1. The predicted octanol–water partition coefficient (Wildman–Crippen LogP) is 1.62. The molecule has 0 fully saturated rings. The van der Waals surface area contributed by atoms with Crippen LogP contribution in [0.3, 0.4) is 0 Å². The summed E-state index contributed by atoms with van der Waals surface area (Å²) in [6.07, 6.45) is -2.46. The number of carbonyl (C=O) groups is 1. The largest absolute Gasteiger partial charge is 0.497 e. The van der Waals surface area contributed by atoms with Gasteiger partial charge in [0.1, 0.15) is 5.75 Å². The number of hydrogen-bond acceptors (Lipinski definition) is 2. The van der Waals surface area contributed by atoms with Gasteiger partial charge in [-0.05, 0) is 24.1 Å². The number of carbonyl (C=O) groups excluding carboxylic acids is 1. The van der Waals surface area contributed by atoms with E-state index >= 15 is 0 Å². The lowest BCUT2D eigenvalue weighted by molar-refractivity contribution is -0.131. The van der Waals surface area contributed by atoms with Crippen molar-refractivity contribution < 1.29 is 18.3 Å². The van der Waals surface area contributed by atoms with Crippen molar-refractivity contribution in [1.82, 2.24) is 5.32 Å². The van der Waals surface area contributed by atoms with Crippen LogP contribution in [0.5, 0.6) is 5.75 Å². The first kappa shape index (κ1) is 12.4. The van der Waals surface area contributed by atoms with Gasteiger partial charge in [0.25, 0.3) is 5.91 Å². The zero-order chi connectivity index (χ0) is 12.0. The number of halogens is 2. The normalized spacial score (nSPS) is 10.2. The van der Waals surface area contributed by atoms with Crippen LogP contribution in [0.4, 0.5) is 8.78 Å². The van der Waals surface area contributed by atoms with Crippen molar-refractivity contribution in [2.45, 2.75) is 12.8 Å². The van der Waals surface area contributed by atoms with Gasteiger partial charge in [0.15, 0.2) is 0 Å². The molecule has 0 spiro atoms. The third-order valence-electron chi connectivity index (χ3n) is 2.05. The highest BCUT2D eigenvalue weighted by atomic mass is 19.3. The van der Waals surface area contributed by atoms with Crippen molar-refractivity contribution in [3.63, 3.8) is 0 Å². The SMILES string of the molecule is COc1cccc(CCNC(=O)C(F)F)c1. The topological polar surface area (TPSA) is 38.3 Å². The molecule has 16 heavy (non-hydrogen) atoms. The second-order valence-corrected chi connectivity index (χ2v) is 3.19. The molecule has 5 heteroatoms. The van der Waals surface area contributed by atoms with Crippen LogP contribution in [0, 0.1) is 0 Å². The minimum absolute atomic E-state index is 0.191. The van der Waals surface area contributed by atoms with E-state index in [-0.39, 0.29) is 6.54 Å². The monoisotopic (exact) mass is 229 g/mol. The Labute approximate surface area is 92.4 Å². The molecule has 1 aromatic carbocycles. The van der Waals surface area contributed by atoms with Gasteiger partial charge in [-0.2, -0.15) is 8.78 Å². The fourth-order valence-electron chi connectivity index (χ4n) is 1.24. The van der Waals surface area contributed by atoms with Crippen LogP contribution in [0.25, 0.3) is 0 Å². The first-order valence-corrected chi connectivity index (χ1v) is 4.82. The molecule has 1 N–H and O–H groups in total. The highest BCUT2D eigenvalue weighted by molar-refractivity contribution is 5.79. The number of amides is 1. The molecular formula is C11H13F2NO2. The van der Waals surface area contributed by atoms with Crippen LogP contribution in [-0.2, 0) is 11.2 Å². The molecule has 88 valence electrons. The molecule has 0 saturated carbocycles. The fourth-order valence-corrected chi connectivity index (χ4v) is 1.24. The van der Waals surface area contributed by atoms with Crippen molar-refractivity contribution in [1.29, 1.82) is 0 Å². The Morgan fingerprint density at radius 3 is 2.88 bits per heavy atom. The number of methoxy groups -OCH3 is 1. The van der Waals surface area contributed by atoms with Crippen LogP contribution < -0.4 is 10.1 Å². The summed E-state index contributed by atoms with van der Waals surface area (Å²) in [4.78, 5) is 10.6. The Morgan fingerprint density at radius 2 is 2.25 bits per heavy atom. The predicted molar refractivity (Wildman–Crippen MR) is 55.7 cm³/mol. The van der Waals surface area contributed by atoms with Gasteiger partial charge in [0, 0.05) is 6.54 Å². The lowest BCUT2D eigenvalue weighted by Crippen LogP contribution is -2.31. The summed E-state index contributed by atoms with van der Waals surface area (Å²) in [5.74, 6) is -0.527. The summed E-state index contributed by atoms with van der Waals surface area (Å²) >= 11 is 0. The molecule has 0 atom stereocenters. The molecule has 0 aliphatic carbocycles. The molecule has 0 heterocycles. The molecule has 0 bridgehead atoms. The molecule has 1 rings (SSSR count). The maximum Gasteiger partial charge on any atom is 0.315 e. The van der Waals surface area contributed by atoms with Crippen LogP contribution in [-0.4, -0.2) is 26.0 Å². The van der Waals surface area contributed by atoms with Crippen molar-refractivity contribution in [3.05, 3.63) is 29.8 Å². The Kier molecular flexibility index (Phi) is 4.69. The minimum atomic E-state index is -2.95. The van der Waals surface area contributed by atoms with Gasteiger partial charge in [-0.15, -0.1) is 0 Å². The van der Waals surface area contributed by atoms with Crippen molar-refractivity contribution in [2.75, 3.05) is 13.7 Å². The Hall–Kier alpha value is -1.65. The smallest absolute Gasteiger partial charge is 0.315 e. The standard InChI is InChI=1S/C11H13F2NO2/c1-16-9-4-2-3-8(7-9)5-6-14-11(15)10(12)13/h2-4,7,10H,5-6H2,1H3,(H,14,15). The zero-order valence-corrected chi connectivity index (χ0v) is 8.87. The molecule has 0 aromatic heterocycles. The van der Waals surface area contributed by atoms with E-state index in [1.807, 2.05) is 12.1 Å². The fraction of sp³-hybridized carbons (Fsp3) is 0.364. The summed E-state index contributed by atoms with van der Waals surface area (Å²) in [5.41, 5.74) is 0.925. The van der Waals surface area contributed by atoms with Gasteiger partial charge >= 0.3 is 6.43 Å². The quantitative estimate of drug-likeness (QED) is 0.833. The van der Waals surface area contributed by atoms with Crippen LogP contribution in [0.2, 0.25) is 0 Å². The van der Waals surface area contributed by atoms with Gasteiger partial charge in [-0.3, -0.25) is 4.79 Å². The maximum absolute atomic E-state index is 11.8. The summed E-state index contributed by atoms with van der Waals surface area (Å²) < 4.78 is 28.7. The van der Waals surface area contributed by atoms with E-state index in [0.29, 0.717) is 12.2 Å². The van der Waals surface area contributed by atoms with E-state index in [1.165, 1.54) is 0 Å². The minimum Gasteiger partial charge on any atom is -0.497 e. The zero-order valence-electron chi connectivity index (χ0n) is 8.87. The van der Waals surface area contributed by atoms with E-state index in [0.717, 1.165) is 5.56 Å². The highest BCUT2D eigenvalue weighted by Crippen LogP contribution is 2.12. The van der Waals surface area contributed by atoms with Crippen LogP contribution in [0.1, 0.15) is 5.56 Å². The Morgan fingerprint density at radius 1 is 1.50 bits per heavy atom. The lowest BCUT2D eigenvalue weighted by Gasteiger charge is -2.06. The number of nitrogens with one attached hydrogen (secondary N) is 1. The van der Waals surface area contributed by atoms with Gasteiger partial charge < -0.3 is 10.1 Å². The van der Waals surface area contributed by atoms with Gasteiger partial charge in [0.05, 0.1) is 7.11 Å². The second kappa shape index (κ2) is 6.05. The first-order valence-electron chi connectivity index (χ1n) is 4.82. The molecule has 1 amide bonds. The number of rotatable bonds is 5. The molecule has 3 nitrogen and oxygen atoms in total. The number of benzene rings is 1. The molecule has 1 aromatic rings. The van der Waals surface area contributed by atoms with Gasteiger partial charge in [-0.25, -0.2) is 0 Å². The average Bonchev–Trinajstić information content (AvgIpc) is 2.29. The van der Waals surface area contributed by atoms with E-state index in [4.69, 9.17) is 4.74 Å². The average molecular weight is 229 g/mol. The van der Waals surface area contributed by atoms with Crippen molar-refractivity contribution in [2.24, 2.45) is 0 Å². The Balaban J connectivity index is 2.40. The molecule has 0 radical (unpaired) electrons. The van der Waals surface area contributed by atoms with Crippen molar-refractivity contribution in [3.8, 4) is 5.75 Å². The number of ether oxygens (including phenoxy) is 1. The Bertz CT molecular complexity index is 356. The van der Waals surface area contributed by atoms with Crippen LogP contribution in [0.15, 0.2) is 24.3 Å². The summed E-state index contributed by atoms with van der Waals surface area (Å²) in [5, 5.41) is 2.14. The first-order chi connectivity index (χ1) is 7.63. The molecular weight excluding hydrogens is 216 g/mol. The molecule has 0 aliphatic heterocycles. The van der Waals surface area contributed by atoms with E-state index < -0.39 is 12.3 Å². The van der Waals surface area contributed by atoms with E-state index in [9.17, 15) is 13.6 Å². The van der Waals surface area contributed by atoms with Gasteiger partial charge in [0.2, 0.25) is 0 Å². The second-order valence-electron chi connectivity index (χ2n) is 3.19. The van der Waals surface area contributed by atoms with Crippen LogP contribution >= 0.6 is 0 Å². The molecule has 0 saturated heterocycles. The number of hydrogen-bond donors (Lipinski definition) is 1. The highest BCUT2D eigenvalue weighted by Gasteiger charge is 2.13. The summed E-state index contributed by atoms with van der Waals surface area (Å²) in [6, 6.07) is 7.25. The number of alkyl halides is 2. The molecule has 0 unspecified atom stereocenters. The van der Waals surface area contributed by atoms with E-state index in [1.54, 1.807) is 19.2 Å². The van der Waals surface area contributed by atoms with Crippen molar-refractivity contribution >= 4 is 5.91 Å². The summed E-state index contributed by atoms with van der Waals surface area (Å²) in [7, 11) is 1.55. The maximum atomic E-state index is 11.8. The summed E-state index contributed by atoms with van der Waals surface area (Å²) in [6.45, 7) is 0.191. The van der Waals surface area contributed by atoms with Gasteiger partial charge in [-0.1, -0.05) is 12.1 Å². The third-order valence-corrected chi connectivity index (χ3v) is 2.05. The third kappa shape index (κ3) is 3.84. The van der Waals surface area contributed by atoms with E-state index in [2.05, 4.69) is 5.32 Å².